The van der Waals surface area contributed by atoms with Crippen molar-refractivity contribution in [3.63, 3.8) is 0 Å². The van der Waals surface area contributed by atoms with Crippen molar-refractivity contribution < 1.29 is 22.8 Å². The van der Waals surface area contributed by atoms with Gasteiger partial charge < -0.3 is 15.6 Å². The topological polar surface area (TPSA) is 90.0 Å². The number of rotatable bonds is 7. The van der Waals surface area contributed by atoms with Crippen LogP contribution in [-0.4, -0.2) is 27.1 Å². The molecule has 6 nitrogen and oxygen atoms in total. The quantitative estimate of drug-likeness (QED) is 0.357. The number of alkyl halides is 3. The zero-order valence-electron chi connectivity index (χ0n) is 16.9. The Morgan fingerprint density at radius 1 is 1.12 bits per heavy atom. The van der Waals surface area contributed by atoms with Gasteiger partial charge in [0.15, 0.2) is 5.16 Å². The lowest BCUT2D eigenvalue weighted by Crippen LogP contribution is -2.18. The van der Waals surface area contributed by atoms with Crippen molar-refractivity contribution in [3.8, 4) is 0 Å². The summed E-state index contributed by atoms with van der Waals surface area (Å²) >= 11 is 2.27. The van der Waals surface area contributed by atoms with Gasteiger partial charge in [0.05, 0.1) is 34.5 Å². The molecule has 0 atom stereocenters. The molecular weight excluding hydrogens is 473 g/mol. The van der Waals surface area contributed by atoms with Crippen LogP contribution in [0.2, 0.25) is 0 Å². The minimum absolute atomic E-state index is 0.0552. The highest BCUT2D eigenvalue weighted by Gasteiger charge is 2.31. The lowest BCUT2D eigenvalue weighted by molar-refractivity contribution is -0.137. The molecule has 33 heavy (non-hydrogen) atoms. The molecular formula is C22H17F3N4O2S2. The molecule has 0 radical (unpaired) electrons. The van der Waals surface area contributed by atoms with E-state index in [1.54, 1.807) is 9.95 Å². The third kappa shape index (κ3) is 5.20. The molecule has 0 fully saturated rings. The molecule has 170 valence electrons. The lowest BCUT2D eigenvalue weighted by atomic mass is 10.2. The van der Waals surface area contributed by atoms with E-state index in [1.807, 2.05) is 30.3 Å². The van der Waals surface area contributed by atoms with Crippen molar-refractivity contribution in [3.05, 3.63) is 76.7 Å². The number of nitrogens with one attached hydrogen (secondary N) is 1. The first kappa shape index (κ1) is 22.9. The molecule has 2 heterocycles. The highest BCUT2D eigenvalue weighted by molar-refractivity contribution is 7.99. The normalized spacial score (nSPS) is 11.6. The number of thioether (sulfide) groups is 1. The largest absolute Gasteiger partial charge is 0.416 e. The molecule has 0 unspecified atom stereocenters. The van der Waals surface area contributed by atoms with E-state index in [9.17, 15) is 22.8 Å². The summed E-state index contributed by atoms with van der Waals surface area (Å²) in [6.45, 7) is 0.378. The first-order valence-electron chi connectivity index (χ1n) is 9.63. The maximum atomic E-state index is 13.2. The van der Waals surface area contributed by atoms with E-state index in [1.165, 1.54) is 23.5 Å². The van der Waals surface area contributed by atoms with Crippen LogP contribution in [0.5, 0.6) is 0 Å². The van der Waals surface area contributed by atoms with Crippen molar-refractivity contribution in [2.45, 2.75) is 17.9 Å². The second kappa shape index (κ2) is 9.28. The zero-order chi connectivity index (χ0) is 23.6. The first-order chi connectivity index (χ1) is 15.7. The maximum Gasteiger partial charge on any atom is 0.416 e. The standard InChI is InChI=1S/C22H17F3N4O2S2/c23-22(24,25)14-6-7-17-16(10-14)27-21(29(17)11-13-4-2-1-3-5-13)33-12-18(30)28-20-15(19(26)31)8-9-32-20/h1-10H,11-12H2,(H2,26,31)(H,28,30). The van der Waals surface area contributed by atoms with Crippen molar-refractivity contribution >= 4 is 50.9 Å². The van der Waals surface area contributed by atoms with Crippen LogP contribution in [0.15, 0.2) is 65.1 Å². The van der Waals surface area contributed by atoms with Crippen LogP contribution in [-0.2, 0) is 17.5 Å². The predicted molar refractivity (Wildman–Crippen MR) is 122 cm³/mol. The summed E-state index contributed by atoms with van der Waals surface area (Å²) in [6.07, 6.45) is -4.48. The molecule has 2 aromatic carbocycles. The van der Waals surface area contributed by atoms with Crippen molar-refractivity contribution in [1.82, 2.24) is 9.55 Å². The van der Waals surface area contributed by atoms with Gasteiger partial charge in [0.25, 0.3) is 5.91 Å². The minimum atomic E-state index is -4.48. The van der Waals surface area contributed by atoms with Crippen LogP contribution in [0.1, 0.15) is 21.5 Å². The maximum absolute atomic E-state index is 13.2. The van der Waals surface area contributed by atoms with E-state index in [-0.39, 0.29) is 22.7 Å². The van der Waals surface area contributed by atoms with Crippen molar-refractivity contribution in [1.29, 1.82) is 0 Å². The summed E-state index contributed by atoms with van der Waals surface area (Å²) in [5.74, 6) is -1.09. The number of thiophene rings is 1. The minimum Gasteiger partial charge on any atom is -0.366 e. The number of amides is 2. The van der Waals surface area contributed by atoms with Gasteiger partial charge in [-0.3, -0.25) is 9.59 Å². The Morgan fingerprint density at radius 2 is 1.88 bits per heavy atom. The fraction of sp³-hybridized carbons (Fsp3) is 0.136. The van der Waals surface area contributed by atoms with Gasteiger partial charge in [-0.2, -0.15) is 13.2 Å². The van der Waals surface area contributed by atoms with Crippen LogP contribution >= 0.6 is 23.1 Å². The lowest BCUT2D eigenvalue weighted by Gasteiger charge is -2.10. The number of aromatic nitrogens is 2. The number of anilines is 1. The fourth-order valence-corrected chi connectivity index (χ4v) is 4.83. The molecule has 0 saturated carbocycles. The molecule has 0 saturated heterocycles. The summed E-state index contributed by atoms with van der Waals surface area (Å²) in [6, 6.07) is 14.4. The Morgan fingerprint density at radius 3 is 2.58 bits per heavy atom. The van der Waals surface area contributed by atoms with Gasteiger partial charge in [-0.15, -0.1) is 11.3 Å². The van der Waals surface area contributed by atoms with Crippen LogP contribution in [0, 0.1) is 0 Å². The zero-order valence-corrected chi connectivity index (χ0v) is 18.6. The van der Waals surface area contributed by atoms with Crippen molar-refractivity contribution in [2.75, 3.05) is 11.1 Å². The molecule has 2 aromatic heterocycles. The fourth-order valence-electron chi connectivity index (χ4n) is 3.21. The molecule has 4 aromatic rings. The molecule has 0 aliphatic rings. The Bertz CT molecular complexity index is 1320. The predicted octanol–water partition coefficient (Wildman–Crippen LogP) is 4.99. The Hall–Kier alpha value is -3.31. The van der Waals surface area contributed by atoms with Crippen LogP contribution in [0.4, 0.5) is 18.2 Å². The van der Waals surface area contributed by atoms with E-state index in [0.29, 0.717) is 22.2 Å². The van der Waals surface area contributed by atoms with Crippen LogP contribution in [0.25, 0.3) is 11.0 Å². The molecule has 4 rings (SSSR count). The van der Waals surface area contributed by atoms with Gasteiger partial charge in [-0.1, -0.05) is 42.1 Å². The molecule has 3 N–H and O–H groups in total. The average Bonchev–Trinajstić information content (AvgIpc) is 3.37. The Kier molecular flexibility index (Phi) is 6.43. The molecule has 0 bridgehead atoms. The summed E-state index contributed by atoms with van der Waals surface area (Å²) in [4.78, 5) is 28.3. The van der Waals surface area contributed by atoms with Crippen LogP contribution < -0.4 is 11.1 Å². The van der Waals surface area contributed by atoms with E-state index in [0.717, 1.165) is 29.5 Å². The Balaban J connectivity index is 1.60. The number of nitrogens with zero attached hydrogens (tertiary/aromatic N) is 2. The number of carbonyl (C=O) groups excluding carboxylic acids is 2. The van der Waals surface area contributed by atoms with Gasteiger partial charge in [0.1, 0.15) is 5.00 Å². The summed E-state index contributed by atoms with van der Waals surface area (Å²) in [5.41, 5.74) is 6.39. The highest BCUT2D eigenvalue weighted by Crippen LogP contribution is 2.33. The third-order valence-electron chi connectivity index (χ3n) is 4.74. The van der Waals surface area contributed by atoms with E-state index in [4.69, 9.17) is 5.73 Å². The highest BCUT2D eigenvalue weighted by atomic mass is 32.2. The van der Waals surface area contributed by atoms with E-state index >= 15 is 0 Å². The summed E-state index contributed by atoms with van der Waals surface area (Å²) < 4.78 is 41.3. The SMILES string of the molecule is NC(=O)c1ccsc1NC(=O)CSc1nc2cc(C(F)(F)F)ccc2n1Cc1ccccc1. The monoisotopic (exact) mass is 490 g/mol. The number of hydrogen-bond donors (Lipinski definition) is 2. The van der Waals surface area contributed by atoms with E-state index < -0.39 is 17.6 Å². The van der Waals surface area contributed by atoms with Crippen molar-refractivity contribution in [2.24, 2.45) is 5.73 Å². The number of benzene rings is 2. The third-order valence-corrected chi connectivity index (χ3v) is 6.55. The number of imidazole rings is 1. The van der Waals surface area contributed by atoms with Crippen LogP contribution in [0.3, 0.4) is 0 Å². The number of nitrogens with two attached hydrogens (primary N) is 1. The van der Waals surface area contributed by atoms with E-state index in [2.05, 4.69) is 10.3 Å². The van der Waals surface area contributed by atoms with Gasteiger partial charge in [0, 0.05) is 0 Å². The van der Waals surface area contributed by atoms with Gasteiger partial charge >= 0.3 is 6.18 Å². The molecule has 0 spiro atoms. The van der Waals surface area contributed by atoms with Gasteiger partial charge in [0.2, 0.25) is 5.91 Å². The second-order valence-corrected chi connectivity index (χ2v) is 8.89. The first-order valence-corrected chi connectivity index (χ1v) is 11.5. The number of halogens is 3. The number of primary amides is 1. The summed E-state index contributed by atoms with van der Waals surface area (Å²) in [5, 5.41) is 5.04. The van der Waals surface area contributed by atoms with Gasteiger partial charge in [-0.05, 0) is 35.2 Å². The smallest absolute Gasteiger partial charge is 0.366 e. The number of fused-ring (bicyclic) bond motifs is 1. The number of hydrogen-bond acceptors (Lipinski definition) is 5. The molecule has 11 heteroatoms. The second-order valence-electron chi connectivity index (χ2n) is 7.03. The average molecular weight is 491 g/mol. The molecule has 2 amide bonds. The van der Waals surface area contributed by atoms with Gasteiger partial charge in [-0.25, -0.2) is 4.98 Å². The Labute approximate surface area is 194 Å². The molecule has 0 aliphatic heterocycles. The summed E-state index contributed by atoms with van der Waals surface area (Å²) in [7, 11) is 0. The number of carbonyl (C=O) groups is 2. The molecule has 0 aliphatic carbocycles.